The van der Waals surface area contributed by atoms with Crippen LogP contribution in [0.5, 0.6) is 0 Å². The molecule has 22 heavy (non-hydrogen) atoms. The molecule has 7 heteroatoms. The number of carboxylic acid groups (broad SMARTS) is 1. The van der Waals surface area contributed by atoms with Crippen molar-refractivity contribution in [2.24, 2.45) is 0 Å². The van der Waals surface area contributed by atoms with Crippen molar-refractivity contribution in [1.82, 2.24) is 9.88 Å². The first kappa shape index (κ1) is 16.7. The number of fused-ring (bicyclic) bond motifs is 1. The van der Waals surface area contributed by atoms with Gasteiger partial charge in [0.2, 0.25) is 5.91 Å². The number of nitrogens with zero attached hydrogens (tertiary/aromatic N) is 1. The molecule has 1 heterocycles. The van der Waals surface area contributed by atoms with Crippen molar-refractivity contribution in [2.75, 3.05) is 12.0 Å². The Kier molecular flexibility index (Phi) is 5.74. The minimum atomic E-state index is -1.01. The van der Waals surface area contributed by atoms with Gasteiger partial charge < -0.3 is 15.0 Å². The number of aromatic nitrogens is 1. The summed E-state index contributed by atoms with van der Waals surface area (Å²) >= 11 is 7.64. The van der Waals surface area contributed by atoms with Gasteiger partial charge in [-0.25, -0.2) is 4.79 Å². The molecule has 0 fully saturated rings. The zero-order chi connectivity index (χ0) is 16.1. The summed E-state index contributed by atoms with van der Waals surface area (Å²) in [7, 11) is 0. The first-order valence-corrected chi connectivity index (χ1v) is 8.54. The number of benzene rings is 1. The second-order valence-corrected chi connectivity index (χ2v) is 6.25. The Morgan fingerprint density at radius 1 is 1.41 bits per heavy atom. The van der Waals surface area contributed by atoms with Crippen LogP contribution in [0.1, 0.15) is 6.42 Å². The molecule has 1 atom stereocenters. The maximum absolute atomic E-state index is 12.1. The number of aliphatic carboxylic acids is 1. The van der Waals surface area contributed by atoms with Crippen molar-refractivity contribution in [2.45, 2.75) is 19.0 Å². The molecule has 2 N–H and O–H groups in total. The van der Waals surface area contributed by atoms with Gasteiger partial charge in [-0.1, -0.05) is 17.7 Å². The molecular formula is C15H17ClN2O3S. The minimum absolute atomic E-state index is 0.0624. The van der Waals surface area contributed by atoms with E-state index in [1.807, 2.05) is 24.5 Å². The van der Waals surface area contributed by atoms with Crippen molar-refractivity contribution in [3.05, 3.63) is 35.5 Å². The van der Waals surface area contributed by atoms with E-state index in [-0.39, 0.29) is 12.5 Å². The molecule has 2 rings (SSSR count). The number of halogens is 1. The quantitative estimate of drug-likeness (QED) is 0.812. The predicted octanol–water partition coefficient (Wildman–Crippen LogP) is 2.62. The number of thioether (sulfide) groups is 1. The summed E-state index contributed by atoms with van der Waals surface area (Å²) in [5, 5.41) is 13.2. The number of carbonyl (C=O) groups is 2. The van der Waals surface area contributed by atoms with Crippen LogP contribution in [0, 0.1) is 0 Å². The van der Waals surface area contributed by atoms with Crippen molar-refractivity contribution in [3.63, 3.8) is 0 Å². The summed E-state index contributed by atoms with van der Waals surface area (Å²) in [4.78, 5) is 23.2. The molecule has 2 aromatic rings. The van der Waals surface area contributed by atoms with Crippen molar-refractivity contribution < 1.29 is 14.7 Å². The molecule has 1 unspecified atom stereocenters. The molecule has 0 radical (unpaired) electrons. The van der Waals surface area contributed by atoms with Gasteiger partial charge in [0.15, 0.2) is 0 Å². The highest BCUT2D eigenvalue weighted by Gasteiger charge is 2.19. The average Bonchev–Trinajstić information content (AvgIpc) is 2.88. The highest BCUT2D eigenvalue weighted by Crippen LogP contribution is 2.24. The molecular weight excluding hydrogens is 324 g/mol. The van der Waals surface area contributed by atoms with E-state index in [0.717, 1.165) is 10.9 Å². The van der Waals surface area contributed by atoms with E-state index < -0.39 is 12.0 Å². The van der Waals surface area contributed by atoms with Gasteiger partial charge in [-0.05, 0) is 36.6 Å². The van der Waals surface area contributed by atoms with Crippen LogP contribution in [-0.4, -0.2) is 39.6 Å². The monoisotopic (exact) mass is 340 g/mol. The molecule has 0 aliphatic rings. The van der Waals surface area contributed by atoms with E-state index in [2.05, 4.69) is 5.32 Å². The Bertz CT molecular complexity index is 686. The maximum Gasteiger partial charge on any atom is 0.326 e. The fourth-order valence-electron chi connectivity index (χ4n) is 2.21. The molecule has 1 amide bonds. The van der Waals surface area contributed by atoms with Crippen molar-refractivity contribution in [3.8, 4) is 0 Å². The van der Waals surface area contributed by atoms with Crippen LogP contribution >= 0.6 is 23.4 Å². The van der Waals surface area contributed by atoms with Gasteiger partial charge in [-0.3, -0.25) is 4.79 Å². The number of carbonyl (C=O) groups excluding carboxylic acids is 1. The van der Waals surface area contributed by atoms with Crippen LogP contribution in [-0.2, 0) is 16.1 Å². The zero-order valence-electron chi connectivity index (χ0n) is 12.1. The highest BCUT2D eigenvalue weighted by atomic mass is 35.5. The summed E-state index contributed by atoms with van der Waals surface area (Å²) in [6.07, 6.45) is 4.07. The smallest absolute Gasteiger partial charge is 0.326 e. The molecule has 118 valence electrons. The normalized spacial score (nSPS) is 12.3. The summed E-state index contributed by atoms with van der Waals surface area (Å²) in [5.41, 5.74) is 0.846. The van der Waals surface area contributed by atoms with Gasteiger partial charge in [-0.15, -0.1) is 0 Å². The molecule has 1 aromatic carbocycles. The van der Waals surface area contributed by atoms with Crippen molar-refractivity contribution >= 4 is 46.1 Å². The van der Waals surface area contributed by atoms with E-state index in [4.69, 9.17) is 16.7 Å². The van der Waals surface area contributed by atoms with Gasteiger partial charge in [0, 0.05) is 22.1 Å². The highest BCUT2D eigenvalue weighted by molar-refractivity contribution is 7.98. The third-order valence-corrected chi connectivity index (χ3v) is 4.29. The lowest BCUT2D eigenvalue weighted by Gasteiger charge is -2.14. The fourth-order valence-corrected chi connectivity index (χ4v) is 2.92. The number of nitrogens with one attached hydrogen (secondary N) is 1. The molecule has 0 bridgehead atoms. The maximum atomic E-state index is 12.1. The minimum Gasteiger partial charge on any atom is -0.480 e. The lowest BCUT2D eigenvalue weighted by atomic mass is 10.2. The van der Waals surface area contributed by atoms with E-state index in [0.29, 0.717) is 17.2 Å². The average molecular weight is 341 g/mol. The Morgan fingerprint density at radius 3 is 2.86 bits per heavy atom. The van der Waals surface area contributed by atoms with Gasteiger partial charge >= 0.3 is 5.97 Å². The fraction of sp³-hybridized carbons (Fsp3) is 0.333. The van der Waals surface area contributed by atoms with Crippen LogP contribution in [0.4, 0.5) is 0 Å². The molecule has 1 aromatic heterocycles. The zero-order valence-corrected chi connectivity index (χ0v) is 13.7. The van der Waals surface area contributed by atoms with E-state index in [9.17, 15) is 9.59 Å². The standard InChI is InChI=1S/C15H17ClN2O3S/c1-22-8-6-12(15(20)21)17-14(19)9-18-7-5-10-11(16)3-2-4-13(10)18/h2-5,7,12H,6,8-9H2,1H3,(H,17,19)(H,20,21). The second-order valence-electron chi connectivity index (χ2n) is 4.86. The van der Waals surface area contributed by atoms with Crippen LogP contribution in [0.25, 0.3) is 10.9 Å². The van der Waals surface area contributed by atoms with E-state index >= 15 is 0 Å². The Balaban J connectivity index is 2.07. The molecule has 0 spiro atoms. The van der Waals surface area contributed by atoms with E-state index in [1.54, 1.807) is 28.6 Å². The lowest BCUT2D eigenvalue weighted by molar-refractivity contribution is -0.141. The van der Waals surface area contributed by atoms with Gasteiger partial charge in [0.25, 0.3) is 0 Å². The third-order valence-electron chi connectivity index (χ3n) is 3.32. The van der Waals surface area contributed by atoms with Crippen LogP contribution in [0.3, 0.4) is 0 Å². The number of hydrogen-bond donors (Lipinski definition) is 2. The van der Waals surface area contributed by atoms with Gasteiger partial charge in [0.1, 0.15) is 12.6 Å². The summed E-state index contributed by atoms with van der Waals surface area (Å²) in [5.74, 6) is -0.659. The molecule has 0 saturated heterocycles. The summed E-state index contributed by atoms with van der Waals surface area (Å²) in [6, 6.07) is 6.46. The summed E-state index contributed by atoms with van der Waals surface area (Å²) < 4.78 is 1.75. The van der Waals surface area contributed by atoms with Crippen LogP contribution in [0.2, 0.25) is 5.02 Å². The number of hydrogen-bond acceptors (Lipinski definition) is 3. The molecule has 0 aliphatic heterocycles. The van der Waals surface area contributed by atoms with Crippen molar-refractivity contribution in [1.29, 1.82) is 0 Å². The molecule has 0 aliphatic carbocycles. The Hall–Kier alpha value is -1.66. The Labute approximate surface area is 137 Å². The first-order chi connectivity index (χ1) is 10.5. The second kappa shape index (κ2) is 7.56. The predicted molar refractivity (Wildman–Crippen MR) is 89.5 cm³/mol. The molecule has 0 saturated carbocycles. The Morgan fingerprint density at radius 2 is 2.18 bits per heavy atom. The number of carboxylic acids is 1. The first-order valence-electron chi connectivity index (χ1n) is 6.77. The number of rotatable bonds is 7. The van der Waals surface area contributed by atoms with Crippen LogP contribution in [0.15, 0.2) is 30.5 Å². The molecule has 5 nitrogen and oxygen atoms in total. The third kappa shape index (κ3) is 3.96. The topological polar surface area (TPSA) is 71.3 Å². The number of amides is 1. The summed E-state index contributed by atoms with van der Waals surface area (Å²) in [6.45, 7) is 0.0624. The lowest BCUT2D eigenvalue weighted by Crippen LogP contribution is -2.42. The van der Waals surface area contributed by atoms with E-state index in [1.165, 1.54) is 0 Å². The SMILES string of the molecule is CSCCC(NC(=O)Cn1ccc2c(Cl)cccc21)C(=O)O. The van der Waals surface area contributed by atoms with Gasteiger partial charge in [0.05, 0.1) is 0 Å². The van der Waals surface area contributed by atoms with Crippen LogP contribution < -0.4 is 5.32 Å². The van der Waals surface area contributed by atoms with Gasteiger partial charge in [-0.2, -0.15) is 11.8 Å². The largest absolute Gasteiger partial charge is 0.480 e.